The number of likely N-dealkylation sites (N-methyl/N-ethyl adjacent to an activating group) is 1. The first-order chi connectivity index (χ1) is 16.4. The lowest BCUT2D eigenvalue weighted by molar-refractivity contribution is 0.0643. The number of nitrogens with one attached hydrogen (secondary N) is 1. The van der Waals surface area contributed by atoms with Crippen molar-refractivity contribution in [2.45, 2.75) is 27.4 Å². The third kappa shape index (κ3) is 5.98. The largest absolute Gasteiger partial charge is 0.486 e. The third-order valence-corrected chi connectivity index (χ3v) is 6.59. The molecule has 0 spiro atoms. The van der Waals surface area contributed by atoms with Crippen LogP contribution >= 0.6 is 11.3 Å². The summed E-state index contributed by atoms with van der Waals surface area (Å²) in [4.78, 5) is 29.8. The Balaban J connectivity index is 1.35. The lowest BCUT2D eigenvalue weighted by atomic mass is 10.1. The highest BCUT2D eigenvalue weighted by Gasteiger charge is 2.22. The van der Waals surface area contributed by atoms with Crippen LogP contribution in [-0.2, 0) is 6.61 Å². The molecule has 1 aliphatic rings. The Hall–Kier alpha value is -3.30. The van der Waals surface area contributed by atoms with Gasteiger partial charge >= 0.3 is 0 Å². The Morgan fingerprint density at radius 1 is 1.03 bits per heavy atom. The standard InChI is InChI=1S/C25H29N5O3S/c1-4-29-8-10-30(11-9-29)25(32)19-6-5-7-20(15-19)26-23(31)24-28-27-22(34-24)16-33-21-13-17(2)12-18(3)14-21/h5-7,12-15H,4,8-11,16H2,1-3H3,(H,26,31). The van der Waals surface area contributed by atoms with E-state index in [0.29, 0.717) is 29.3 Å². The molecule has 1 aromatic heterocycles. The van der Waals surface area contributed by atoms with E-state index < -0.39 is 0 Å². The molecule has 0 radical (unpaired) electrons. The van der Waals surface area contributed by atoms with Crippen LogP contribution in [-0.4, -0.2) is 64.5 Å². The molecule has 34 heavy (non-hydrogen) atoms. The molecule has 2 aromatic carbocycles. The van der Waals surface area contributed by atoms with E-state index in [9.17, 15) is 9.59 Å². The maximum atomic E-state index is 12.9. The number of aromatic nitrogens is 2. The van der Waals surface area contributed by atoms with E-state index >= 15 is 0 Å². The summed E-state index contributed by atoms with van der Waals surface area (Å²) in [5.74, 6) is 0.376. The van der Waals surface area contributed by atoms with Crippen molar-refractivity contribution in [3.63, 3.8) is 0 Å². The number of benzene rings is 2. The fourth-order valence-electron chi connectivity index (χ4n) is 3.93. The molecule has 8 nitrogen and oxygen atoms in total. The van der Waals surface area contributed by atoms with Crippen LogP contribution in [0.3, 0.4) is 0 Å². The van der Waals surface area contributed by atoms with Gasteiger partial charge < -0.3 is 19.9 Å². The van der Waals surface area contributed by atoms with Crippen molar-refractivity contribution in [3.8, 4) is 5.75 Å². The predicted molar refractivity (Wildman–Crippen MR) is 133 cm³/mol. The van der Waals surface area contributed by atoms with Crippen molar-refractivity contribution in [2.24, 2.45) is 0 Å². The van der Waals surface area contributed by atoms with Gasteiger partial charge in [0.25, 0.3) is 11.8 Å². The molecule has 0 aliphatic carbocycles. The highest BCUT2D eigenvalue weighted by atomic mass is 32.1. The van der Waals surface area contributed by atoms with E-state index in [0.717, 1.165) is 36.5 Å². The SMILES string of the molecule is CCN1CCN(C(=O)c2cccc(NC(=O)c3nnc(COc4cc(C)cc(C)c4)s3)c2)CC1. The first-order valence-corrected chi connectivity index (χ1v) is 12.2. The van der Waals surface area contributed by atoms with E-state index in [2.05, 4.69) is 33.4 Å². The quantitative estimate of drug-likeness (QED) is 0.555. The number of piperazine rings is 1. The molecule has 2 amide bonds. The summed E-state index contributed by atoms with van der Waals surface area (Å²) in [6.45, 7) is 10.6. The van der Waals surface area contributed by atoms with Crippen molar-refractivity contribution in [1.82, 2.24) is 20.0 Å². The minimum atomic E-state index is -0.365. The molecule has 1 saturated heterocycles. The number of rotatable bonds is 7. The van der Waals surface area contributed by atoms with Crippen LogP contribution < -0.4 is 10.1 Å². The van der Waals surface area contributed by atoms with E-state index in [4.69, 9.17) is 4.74 Å². The number of nitrogens with zero attached hydrogens (tertiary/aromatic N) is 4. The van der Waals surface area contributed by atoms with Crippen LogP contribution in [0.5, 0.6) is 5.75 Å². The number of amides is 2. The normalized spacial score (nSPS) is 14.1. The molecule has 9 heteroatoms. The number of ether oxygens (including phenoxy) is 1. The molecule has 2 heterocycles. The van der Waals surface area contributed by atoms with E-state index in [-0.39, 0.29) is 23.4 Å². The van der Waals surface area contributed by atoms with Crippen LogP contribution in [0, 0.1) is 13.8 Å². The summed E-state index contributed by atoms with van der Waals surface area (Å²) < 4.78 is 5.81. The van der Waals surface area contributed by atoms with Gasteiger partial charge in [0.1, 0.15) is 12.4 Å². The molecule has 178 valence electrons. The van der Waals surface area contributed by atoms with Gasteiger partial charge in [-0.1, -0.05) is 30.4 Å². The average Bonchev–Trinajstić information content (AvgIpc) is 3.31. The fourth-order valence-corrected chi connectivity index (χ4v) is 4.58. The zero-order chi connectivity index (χ0) is 24.1. The number of anilines is 1. The molecule has 3 aromatic rings. The van der Waals surface area contributed by atoms with Gasteiger partial charge in [-0.05, 0) is 61.9 Å². The van der Waals surface area contributed by atoms with Gasteiger partial charge in [-0.3, -0.25) is 9.59 Å². The van der Waals surface area contributed by atoms with Gasteiger partial charge in [0.15, 0.2) is 5.01 Å². The number of hydrogen-bond donors (Lipinski definition) is 1. The van der Waals surface area contributed by atoms with Gasteiger partial charge in [-0.15, -0.1) is 10.2 Å². The zero-order valence-electron chi connectivity index (χ0n) is 19.7. The first kappa shape index (κ1) is 23.8. The topological polar surface area (TPSA) is 87.7 Å². The Morgan fingerprint density at radius 3 is 2.47 bits per heavy atom. The van der Waals surface area contributed by atoms with E-state index in [1.807, 2.05) is 30.9 Å². The van der Waals surface area contributed by atoms with Crippen LogP contribution in [0.1, 0.15) is 43.2 Å². The second-order valence-electron chi connectivity index (χ2n) is 8.37. The second kappa shape index (κ2) is 10.8. The van der Waals surface area contributed by atoms with Gasteiger partial charge in [-0.2, -0.15) is 0 Å². The number of aryl methyl sites for hydroxylation is 2. The number of hydrogen-bond acceptors (Lipinski definition) is 7. The smallest absolute Gasteiger partial charge is 0.286 e. The Morgan fingerprint density at radius 2 is 1.76 bits per heavy atom. The minimum Gasteiger partial charge on any atom is -0.486 e. The number of carbonyl (C=O) groups excluding carboxylic acids is 2. The maximum Gasteiger partial charge on any atom is 0.286 e. The maximum absolute atomic E-state index is 12.9. The second-order valence-corrected chi connectivity index (χ2v) is 9.44. The summed E-state index contributed by atoms with van der Waals surface area (Å²) in [6.07, 6.45) is 0. The molecule has 0 saturated carbocycles. The zero-order valence-corrected chi connectivity index (χ0v) is 20.5. The van der Waals surface area contributed by atoms with Crippen LogP contribution in [0.2, 0.25) is 0 Å². The minimum absolute atomic E-state index is 0.0198. The summed E-state index contributed by atoms with van der Waals surface area (Å²) >= 11 is 1.18. The monoisotopic (exact) mass is 479 g/mol. The highest BCUT2D eigenvalue weighted by Crippen LogP contribution is 2.20. The van der Waals surface area contributed by atoms with Crippen molar-refractivity contribution in [1.29, 1.82) is 0 Å². The molecule has 0 unspecified atom stereocenters. The summed E-state index contributed by atoms with van der Waals surface area (Å²) in [5.41, 5.74) is 3.35. The van der Waals surface area contributed by atoms with Crippen LogP contribution in [0.15, 0.2) is 42.5 Å². The van der Waals surface area contributed by atoms with Crippen molar-refractivity contribution in [3.05, 3.63) is 69.2 Å². The van der Waals surface area contributed by atoms with Gasteiger partial charge in [-0.25, -0.2) is 0 Å². The van der Waals surface area contributed by atoms with Crippen molar-refractivity contribution in [2.75, 3.05) is 38.0 Å². The fraction of sp³-hybridized carbons (Fsp3) is 0.360. The molecule has 4 rings (SSSR count). The van der Waals surface area contributed by atoms with E-state index in [1.54, 1.807) is 24.3 Å². The van der Waals surface area contributed by atoms with Crippen LogP contribution in [0.25, 0.3) is 0 Å². The lowest BCUT2D eigenvalue weighted by Gasteiger charge is -2.34. The van der Waals surface area contributed by atoms with Crippen molar-refractivity contribution < 1.29 is 14.3 Å². The first-order valence-electron chi connectivity index (χ1n) is 11.4. The predicted octanol–water partition coefficient (Wildman–Crippen LogP) is 3.76. The third-order valence-electron chi connectivity index (χ3n) is 5.69. The van der Waals surface area contributed by atoms with E-state index in [1.165, 1.54) is 11.3 Å². The molecule has 1 fully saturated rings. The summed E-state index contributed by atoms with van der Waals surface area (Å²) in [5, 5.41) is 11.8. The lowest BCUT2D eigenvalue weighted by Crippen LogP contribution is -2.48. The molecule has 0 atom stereocenters. The Labute approximate surface area is 203 Å². The summed E-state index contributed by atoms with van der Waals surface area (Å²) in [7, 11) is 0. The van der Waals surface area contributed by atoms with Crippen LogP contribution in [0.4, 0.5) is 5.69 Å². The van der Waals surface area contributed by atoms with Gasteiger partial charge in [0.2, 0.25) is 5.01 Å². The molecule has 0 bridgehead atoms. The molecule has 1 aliphatic heterocycles. The Bertz CT molecular complexity index is 1150. The Kier molecular flexibility index (Phi) is 7.54. The molecular weight excluding hydrogens is 450 g/mol. The average molecular weight is 480 g/mol. The van der Waals surface area contributed by atoms with Gasteiger partial charge in [0.05, 0.1) is 0 Å². The van der Waals surface area contributed by atoms with Gasteiger partial charge in [0, 0.05) is 37.4 Å². The summed E-state index contributed by atoms with van der Waals surface area (Å²) in [6, 6.07) is 13.0. The molecule has 1 N–H and O–H groups in total. The number of carbonyl (C=O) groups is 2. The van der Waals surface area contributed by atoms with Crippen molar-refractivity contribution >= 4 is 28.8 Å². The highest BCUT2D eigenvalue weighted by molar-refractivity contribution is 7.13. The molecular formula is C25H29N5O3S.